The number of benzene rings is 1. The van der Waals surface area contributed by atoms with E-state index in [1.54, 1.807) is 13.1 Å². The molecule has 104 valence electrons. The highest BCUT2D eigenvalue weighted by Crippen LogP contribution is 2.20. The summed E-state index contributed by atoms with van der Waals surface area (Å²) in [5.41, 5.74) is -0.278. The number of aromatic nitrogens is 1. The van der Waals surface area contributed by atoms with Crippen LogP contribution in [0.1, 0.15) is 10.4 Å². The molecule has 0 fully saturated rings. The topological polar surface area (TPSA) is 54.0 Å². The zero-order valence-electron chi connectivity index (χ0n) is 10.4. The van der Waals surface area contributed by atoms with Gasteiger partial charge < -0.3 is 10.6 Å². The molecule has 0 aliphatic carbocycles. The number of halogens is 3. The molecule has 2 aromatic rings. The van der Waals surface area contributed by atoms with Crippen molar-refractivity contribution in [2.24, 2.45) is 0 Å². The van der Waals surface area contributed by atoms with Crippen LogP contribution < -0.4 is 10.6 Å². The van der Waals surface area contributed by atoms with E-state index < -0.39 is 29.0 Å². The predicted molar refractivity (Wildman–Crippen MR) is 68.1 cm³/mol. The number of carbonyl (C=O) groups excluding carboxylic acids is 1. The molecule has 0 saturated carbocycles. The summed E-state index contributed by atoms with van der Waals surface area (Å²) in [5.74, 6) is -4.52. The lowest BCUT2D eigenvalue weighted by molar-refractivity contribution is 0.102. The second-order valence-electron chi connectivity index (χ2n) is 3.86. The molecule has 0 aliphatic heterocycles. The minimum atomic E-state index is -1.63. The summed E-state index contributed by atoms with van der Waals surface area (Å²) >= 11 is 0. The molecule has 1 aromatic carbocycles. The third kappa shape index (κ3) is 2.71. The van der Waals surface area contributed by atoms with E-state index in [1.807, 2.05) is 0 Å². The molecule has 7 heteroatoms. The van der Waals surface area contributed by atoms with Gasteiger partial charge in [0.05, 0.1) is 11.3 Å². The normalized spacial score (nSPS) is 10.2. The molecule has 0 bridgehead atoms. The Labute approximate surface area is 112 Å². The lowest BCUT2D eigenvalue weighted by Crippen LogP contribution is -2.14. The van der Waals surface area contributed by atoms with Crippen molar-refractivity contribution >= 4 is 17.4 Å². The molecular formula is C13H10F3N3O. The number of amides is 1. The Morgan fingerprint density at radius 3 is 2.45 bits per heavy atom. The van der Waals surface area contributed by atoms with Crippen LogP contribution in [-0.2, 0) is 0 Å². The average Bonchev–Trinajstić information content (AvgIpc) is 2.48. The first kappa shape index (κ1) is 13.9. The fraction of sp³-hybridized carbons (Fsp3) is 0.0769. The molecule has 0 aliphatic rings. The van der Waals surface area contributed by atoms with E-state index in [9.17, 15) is 18.0 Å². The molecule has 4 nitrogen and oxygen atoms in total. The Balaban J connectivity index is 2.21. The molecule has 0 unspecified atom stereocenters. The largest absolute Gasteiger partial charge is 0.373 e. The van der Waals surface area contributed by atoms with E-state index in [4.69, 9.17) is 0 Å². The van der Waals surface area contributed by atoms with Gasteiger partial charge in [-0.2, -0.15) is 0 Å². The zero-order valence-corrected chi connectivity index (χ0v) is 10.4. The molecule has 0 spiro atoms. The van der Waals surface area contributed by atoms with Crippen molar-refractivity contribution in [2.75, 3.05) is 17.7 Å². The first-order valence-electron chi connectivity index (χ1n) is 5.61. The van der Waals surface area contributed by atoms with Gasteiger partial charge in [-0.3, -0.25) is 4.79 Å². The van der Waals surface area contributed by atoms with Crippen molar-refractivity contribution in [1.29, 1.82) is 0 Å². The van der Waals surface area contributed by atoms with Crippen molar-refractivity contribution in [3.63, 3.8) is 0 Å². The van der Waals surface area contributed by atoms with Crippen LogP contribution in [0.5, 0.6) is 0 Å². The maximum absolute atomic E-state index is 13.4. The van der Waals surface area contributed by atoms with Crippen LogP contribution in [0.4, 0.5) is 24.7 Å². The molecule has 2 rings (SSSR count). The van der Waals surface area contributed by atoms with Gasteiger partial charge >= 0.3 is 0 Å². The molecule has 0 saturated heterocycles. The monoisotopic (exact) mass is 281 g/mol. The van der Waals surface area contributed by atoms with E-state index >= 15 is 0 Å². The smallest absolute Gasteiger partial charge is 0.257 e. The van der Waals surface area contributed by atoms with Gasteiger partial charge in [0.1, 0.15) is 5.82 Å². The maximum Gasteiger partial charge on any atom is 0.257 e. The predicted octanol–water partition coefficient (Wildman–Crippen LogP) is 2.79. The highest BCUT2D eigenvalue weighted by atomic mass is 19.2. The SMILES string of the molecule is CNc1ccc(C(=O)Nc2ccc(F)c(F)c2F)cn1. The van der Waals surface area contributed by atoms with Gasteiger partial charge in [-0.15, -0.1) is 0 Å². The van der Waals surface area contributed by atoms with Gasteiger partial charge in [-0.1, -0.05) is 0 Å². The number of nitrogens with zero attached hydrogens (tertiary/aromatic N) is 1. The van der Waals surface area contributed by atoms with Crippen molar-refractivity contribution in [3.8, 4) is 0 Å². The number of rotatable bonds is 3. The van der Waals surface area contributed by atoms with Crippen LogP contribution >= 0.6 is 0 Å². The number of nitrogens with one attached hydrogen (secondary N) is 2. The Bertz CT molecular complexity index is 644. The number of hydrogen-bond acceptors (Lipinski definition) is 3. The second kappa shape index (κ2) is 5.60. The van der Waals surface area contributed by atoms with Crippen molar-refractivity contribution in [3.05, 3.63) is 53.5 Å². The molecule has 0 atom stereocenters. The lowest BCUT2D eigenvalue weighted by atomic mass is 10.2. The van der Waals surface area contributed by atoms with Crippen LogP contribution in [0.2, 0.25) is 0 Å². The minimum absolute atomic E-state index is 0.160. The molecule has 1 aromatic heterocycles. The number of pyridine rings is 1. The third-order valence-corrected chi connectivity index (χ3v) is 2.57. The van der Waals surface area contributed by atoms with Crippen LogP contribution in [-0.4, -0.2) is 17.9 Å². The van der Waals surface area contributed by atoms with E-state index in [1.165, 1.54) is 12.3 Å². The molecule has 20 heavy (non-hydrogen) atoms. The highest BCUT2D eigenvalue weighted by molar-refractivity contribution is 6.04. The van der Waals surface area contributed by atoms with Crippen LogP contribution in [0.3, 0.4) is 0 Å². The number of hydrogen-bond donors (Lipinski definition) is 2. The van der Waals surface area contributed by atoms with Crippen molar-refractivity contribution in [2.45, 2.75) is 0 Å². The summed E-state index contributed by atoms with van der Waals surface area (Å²) in [6, 6.07) is 4.69. The molecule has 0 radical (unpaired) electrons. The fourth-order valence-corrected chi connectivity index (χ4v) is 1.49. The summed E-state index contributed by atoms with van der Waals surface area (Å²) < 4.78 is 39.2. The maximum atomic E-state index is 13.4. The summed E-state index contributed by atoms with van der Waals surface area (Å²) in [5, 5.41) is 4.92. The Kier molecular flexibility index (Phi) is 3.88. The van der Waals surface area contributed by atoms with Crippen LogP contribution in [0.15, 0.2) is 30.5 Å². The summed E-state index contributed by atoms with van der Waals surface area (Å²) in [6.07, 6.45) is 1.28. The first-order chi connectivity index (χ1) is 9.52. The van der Waals surface area contributed by atoms with Gasteiger partial charge in [0.15, 0.2) is 17.5 Å². The molecule has 1 amide bonds. The minimum Gasteiger partial charge on any atom is -0.373 e. The molecular weight excluding hydrogens is 271 g/mol. The highest BCUT2D eigenvalue weighted by Gasteiger charge is 2.16. The lowest BCUT2D eigenvalue weighted by Gasteiger charge is -2.07. The van der Waals surface area contributed by atoms with Gasteiger partial charge in [0.2, 0.25) is 0 Å². The quantitative estimate of drug-likeness (QED) is 0.851. The number of carbonyl (C=O) groups is 1. The standard InChI is InChI=1S/C13H10F3N3O/c1-17-10-5-2-7(6-18-10)13(20)19-9-4-3-8(14)11(15)12(9)16/h2-6H,1H3,(H,17,18)(H,19,20). The Morgan fingerprint density at radius 2 is 1.85 bits per heavy atom. The van der Waals surface area contributed by atoms with Gasteiger partial charge in [-0.25, -0.2) is 18.2 Å². The third-order valence-electron chi connectivity index (χ3n) is 2.57. The van der Waals surface area contributed by atoms with Crippen molar-refractivity contribution < 1.29 is 18.0 Å². The van der Waals surface area contributed by atoms with Gasteiger partial charge in [0, 0.05) is 13.2 Å². The Hall–Kier alpha value is -2.57. The van der Waals surface area contributed by atoms with Gasteiger partial charge in [-0.05, 0) is 24.3 Å². The van der Waals surface area contributed by atoms with E-state index in [0.29, 0.717) is 5.82 Å². The first-order valence-corrected chi connectivity index (χ1v) is 5.61. The summed E-state index contributed by atoms with van der Waals surface area (Å²) in [6.45, 7) is 0. The van der Waals surface area contributed by atoms with Crippen LogP contribution in [0.25, 0.3) is 0 Å². The summed E-state index contributed by atoms with van der Waals surface area (Å²) in [4.78, 5) is 15.7. The van der Waals surface area contributed by atoms with Gasteiger partial charge in [0.25, 0.3) is 5.91 Å². The van der Waals surface area contributed by atoms with E-state index in [2.05, 4.69) is 15.6 Å². The molecule has 1 heterocycles. The van der Waals surface area contributed by atoms with Crippen LogP contribution in [0, 0.1) is 17.5 Å². The second-order valence-corrected chi connectivity index (χ2v) is 3.86. The molecule has 2 N–H and O–H groups in total. The average molecular weight is 281 g/mol. The van der Waals surface area contributed by atoms with E-state index in [0.717, 1.165) is 12.1 Å². The fourth-order valence-electron chi connectivity index (χ4n) is 1.49. The Morgan fingerprint density at radius 1 is 1.10 bits per heavy atom. The van der Waals surface area contributed by atoms with Crippen molar-refractivity contribution in [1.82, 2.24) is 4.98 Å². The summed E-state index contributed by atoms with van der Waals surface area (Å²) in [7, 11) is 1.67. The zero-order chi connectivity index (χ0) is 14.7. The number of anilines is 2. The van der Waals surface area contributed by atoms with E-state index in [-0.39, 0.29) is 5.56 Å².